The Balaban J connectivity index is 3.42. The number of carboxylic acid groups (broad SMARTS) is 1. The van der Waals surface area contributed by atoms with Gasteiger partial charge in [-0.3, -0.25) is 4.79 Å². The number of carbonyl (C=O) groups is 1. The number of rotatable bonds is 15. The highest BCUT2D eigenvalue weighted by atomic mass is 16.4. The van der Waals surface area contributed by atoms with Crippen LogP contribution in [0.5, 0.6) is 0 Å². The third kappa shape index (κ3) is 20.2. The molecule has 0 aromatic rings. The molecule has 0 aliphatic carbocycles. The average molecular weight is 331 g/mol. The molecular formula is C22H34O2. The third-order valence-corrected chi connectivity index (χ3v) is 3.45. The van der Waals surface area contributed by atoms with Crippen molar-refractivity contribution in [2.24, 2.45) is 0 Å². The number of allylic oxidation sites excluding steroid dienone is 10. The summed E-state index contributed by atoms with van der Waals surface area (Å²) in [5.41, 5.74) is 0. The van der Waals surface area contributed by atoms with Crippen LogP contribution in [0, 0.1) is 0 Å². The van der Waals surface area contributed by atoms with Crippen molar-refractivity contribution in [2.75, 3.05) is 0 Å². The van der Waals surface area contributed by atoms with Crippen LogP contribution >= 0.6 is 0 Å². The minimum atomic E-state index is -0.704. The smallest absolute Gasteiger partial charge is 0.303 e. The molecule has 0 spiro atoms. The van der Waals surface area contributed by atoms with Gasteiger partial charge in [0.25, 0.3) is 0 Å². The molecule has 0 amide bonds. The number of hydrogen-bond acceptors (Lipinski definition) is 1. The summed E-state index contributed by atoms with van der Waals surface area (Å²) in [6.07, 6.45) is 31.4. The van der Waals surface area contributed by atoms with Crippen molar-refractivity contribution in [3.05, 3.63) is 60.8 Å². The van der Waals surface area contributed by atoms with Gasteiger partial charge < -0.3 is 5.11 Å². The lowest BCUT2D eigenvalue weighted by Crippen LogP contribution is -1.92. The fourth-order valence-electron chi connectivity index (χ4n) is 2.10. The molecule has 0 rings (SSSR count). The van der Waals surface area contributed by atoms with Gasteiger partial charge in [0.05, 0.1) is 0 Å². The molecule has 2 heteroatoms. The van der Waals surface area contributed by atoms with Crippen molar-refractivity contribution in [2.45, 2.75) is 71.1 Å². The van der Waals surface area contributed by atoms with Crippen LogP contribution in [0.1, 0.15) is 71.1 Å². The Morgan fingerprint density at radius 1 is 0.708 bits per heavy atom. The molecule has 0 atom stereocenters. The summed E-state index contributed by atoms with van der Waals surface area (Å²) in [6, 6.07) is 0. The highest BCUT2D eigenvalue weighted by molar-refractivity contribution is 5.66. The summed E-state index contributed by atoms with van der Waals surface area (Å²) in [6.45, 7) is 2.16. The van der Waals surface area contributed by atoms with Crippen LogP contribution in [0.3, 0.4) is 0 Å². The molecule has 0 aliphatic heterocycles. The second kappa shape index (κ2) is 19.2. The molecular weight excluding hydrogens is 296 g/mol. The predicted octanol–water partition coefficient (Wildman–Crippen LogP) is 6.77. The van der Waals surface area contributed by atoms with E-state index in [0.29, 0.717) is 0 Å². The van der Waals surface area contributed by atoms with Gasteiger partial charge in [-0.1, -0.05) is 67.7 Å². The van der Waals surface area contributed by atoms with E-state index < -0.39 is 5.97 Å². The molecule has 134 valence electrons. The first-order valence-corrected chi connectivity index (χ1v) is 9.27. The fourth-order valence-corrected chi connectivity index (χ4v) is 2.10. The minimum absolute atomic E-state index is 0.276. The molecule has 2 nitrogen and oxygen atoms in total. The van der Waals surface area contributed by atoms with Crippen LogP contribution in [-0.2, 0) is 4.79 Å². The Labute approximate surface area is 148 Å². The summed E-state index contributed by atoms with van der Waals surface area (Å²) in [5.74, 6) is -0.704. The minimum Gasteiger partial charge on any atom is -0.481 e. The van der Waals surface area contributed by atoms with Gasteiger partial charge >= 0.3 is 5.97 Å². The van der Waals surface area contributed by atoms with Crippen LogP contribution in [0.2, 0.25) is 0 Å². The lowest BCUT2D eigenvalue weighted by molar-refractivity contribution is -0.137. The first kappa shape index (κ1) is 22.2. The predicted molar refractivity (Wildman–Crippen MR) is 105 cm³/mol. The zero-order valence-corrected chi connectivity index (χ0v) is 15.2. The normalized spacial score (nSPS) is 12.7. The summed E-state index contributed by atoms with van der Waals surface area (Å²) in [7, 11) is 0. The second-order valence-electron chi connectivity index (χ2n) is 5.75. The van der Waals surface area contributed by atoms with Crippen molar-refractivity contribution in [3.63, 3.8) is 0 Å². The molecule has 0 unspecified atom stereocenters. The lowest BCUT2D eigenvalue weighted by atomic mass is 10.1. The van der Waals surface area contributed by atoms with Crippen molar-refractivity contribution in [3.8, 4) is 0 Å². The molecule has 0 aromatic carbocycles. The van der Waals surface area contributed by atoms with Crippen molar-refractivity contribution in [1.82, 2.24) is 0 Å². The summed E-state index contributed by atoms with van der Waals surface area (Å²) in [4.78, 5) is 10.3. The molecule has 24 heavy (non-hydrogen) atoms. The van der Waals surface area contributed by atoms with E-state index >= 15 is 0 Å². The summed E-state index contributed by atoms with van der Waals surface area (Å²) < 4.78 is 0. The molecule has 0 saturated heterocycles. The molecule has 1 N–H and O–H groups in total. The van der Waals surface area contributed by atoms with Crippen LogP contribution in [0.4, 0.5) is 0 Å². The monoisotopic (exact) mass is 330 g/mol. The molecule has 0 heterocycles. The highest BCUT2D eigenvalue weighted by Gasteiger charge is 1.93. The van der Waals surface area contributed by atoms with E-state index in [4.69, 9.17) is 5.11 Å². The Kier molecular flexibility index (Phi) is 17.8. The van der Waals surface area contributed by atoms with Gasteiger partial charge in [0.1, 0.15) is 0 Å². The van der Waals surface area contributed by atoms with Gasteiger partial charge in [0, 0.05) is 6.42 Å². The number of unbranched alkanes of at least 4 members (excludes halogenated alkanes) is 5. The standard InChI is InChI=1S/C22H34O2/c1-2-3-4-5-6-7-8-9-10-11-12-13-14-15-16-17-18-19-20-21-22(23)24/h3-4,6-7,12-17H,2,5,8-11,18-21H2,1H3,(H,23,24)/b4-3+,7-6+,13-12+,15-14+,17-16+. The molecule has 0 aliphatic rings. The second-order valence-corrected chi connectivity index (χ2v) is 5.75. The fraction of sp³-hybridized carbons (Fsp3) is 0.500. The highest BCUT2D eigenvalue weighted by Crippen LogP contribution is 2.03. The number of aliphatic carboxylic acids is 1. The topological polar surface area (TPSA) is 37.3 Å². The van der Waals surface area contributed by atoms with E-state index in [1.165, 1.54) is 19.3 Å². The molecule has 0 aromatic heterocycles. The van der Waals surface area contributed by atoms with Crippen LogP contribution in [0.15, 0.2) is 60.8 Å². The number of carboxylic acids is 1. The van der Waals surface area contributed by atoms with Crippen molar-refractivity contribution in [1.29, 1.82) is 0 Å². The summed E-state index contributed by atoms with van der Waals surface area (Å²) in [5, 5.41) is 8.51. The van der Waals surface area contributed by atoms with Gasteiger partial charge in [-0.05, 0) is 57.8 Å². The zero-order chi connectivity index (χ0) is 17.7. The Morgan fingerprint density at radius 3 is 1.83 bits per heavy atom. The van der Waals surface area contributed by atoms with Gasteiger partial charge in [0.15, 0.2) is 0 Å². The van der Waals surface area contributed by atoms with E-state index in [1.54, 1.807) is 0 Å². The maximum absolute atomic E-state index is 10.3. The third-order valence-electron chi connectivity index (χ3n) is 3.45. The molecule has 0 fully saturated rings. The van der Waals surface area contributed by atoms with E-state index in [9.17, 15) is 4.79 Å². The van der Waals surface area contributed by atoms with E-state index in [1.807, 2.05) is 18.2 Å². The van der Waals surface area contributed by atoms with Crippen LogP contribution in [0.25, 0.3) is 0 Å². The maximum Gasteiger partial charge on any atom is 0.303 e. The number of hydrogen-bond donors (Lipinski definition) is 1. The molecule has 0 radical (unpaired) electrons. The van der Waals surface area contributed by atoms with Crippen LogP contribution < -0.4 is 0 Å². The van der Waals surface area contributed by atoms with Gasteiger partial charge in [-0.2, -0.15) is 0 Å². The van der Waals surface area contributed by atoms with Gasteiger partial charge in [0.2, 0.25) is 0 Å². The lowest BCUT2D eigenvalue weighted by Gasteiger charge is -1.92. The van der Waals surface area contributed by atoms with E-state index in [2.05, 4.69) is 49.5 Å². The van der Waals surface area contributed by atoms with E-state index in [-0.39, 0.29) is 6.42 Å². The Hall–Kier alpha value is -1.83. The first-order chi connectivity index (χ1) is 11.8. The SMILES string of the molecule is CC/C=C/C/C=C/CCCC/C=C/C=C/C=C/CCCCC(=O)O. The van der Waals surface area contributed by atoms with Crippen LogP contribution in [-0.4, -0.2) is 11.1 Å². The maximum atomic E-state index is 10.3. The average Bonchev–Trinajstić information content (AvgIpc) is 2.56. The van der Waals surface area contributed by atoms with Gasteiger partial charge in [-0.15, -0.1) is 0 Å². The van der Waals surface area contributed by atoms with Crippen molar-refractivity contribution < 1.29 is 9.90 Å². The molecule has 0 bridgehead atoms. The zero-order valence-electron chi connectivity index (χ0n) is 15.2. The quantitative estimate of drug-likeness (QED) is 0.204. The largest absolute Gasteiger partial charge is 0.481 e. The Morgan fingerprint density at radius 2 is 1.25 bits per heavy atom. The Bertz CT molecular complexity index is 425. The van der Waals surface area contributed by atoms with Crippen molar-refractivity contribution >= 4 is 5.97 Å². The first-order valence-electron chi connectivity index (χ1n) is 9.27. The molecule has 0 saturated carbocycles. The summed E-state index contributed by atoms with van der Waals surface area (Å²) >= 11 is 0. The van der Waals surface area contributed by atoms with Gasteiger partial charge in [-0.25, -0.2) is 0 Å². The van der Waals surface area contributed by atoms with E-state index in [0.717, 1.165) is 38.5 Å².